The average Bonchev–Trinajstić information content (AvgIpc) is 4.21. The highest BCUT2D eigenvalue weighted by atomic mass is 16.5. The van der Waals surface area contributed by atoms with Crippen LogP contribution in [0.1, 0.15) is 149 Å². The molecule has 416 valence electrons. The Balaban J connectivity index is 0.724. The quantitative estimate of drug-likeness (QED) is 0.101. The second-order valence-corrected chi connectivity index (χ2v) is 26.7. The van der Waals surface area contributed by atoms with E-state index in [0.717, 1.165) is 124 Å². The summed E-state index contributed by atoms with van der Waals surface area (Å²) in [5.74, 6) is 0.770. The third kappa shape index (κ3) is 10.7. The molecule has 6 aromatic rings. The number of rotatable bonds is 14. The van der Waals surface area contributed by atoms with Gasteiger partial charge in [0.2, 0.25) is 0 Å². The smallest absolute Gasteiger partial charge is 0.162 e. The third-order valence-corrected chi connectivity index (χ3v) is 17.2. The number of para-hydroxylation sites is 2. The predicted molar refractivity (Wildman–Crippen MR) is 315 cm³/mol. The molecule has 0 atom stereocenters. The summed E-state index contributed by atoms with van der Waals surface area (Å²) in [6.07, 6.45) is 11.2. The Morgan fingerprint density at radius 3 is 1.04 bits per heavy atom. The van der Waals surface area contributed by atoms with Gasteiger partial charge >= 0.3 is 0 Å². The number of benzene rings is 4. The van der Waals surface area contributed by atoms with Crippen LogP contribution >= 0.6 is 0 Å². The molecule has 4 heterocycles. The molecule has 4 aromatic carbocycles. The van der Waals surface area contributed by atoms with Crippen molar-refractivity contribution in [2.45, 2.75) is 138 Å². The van der Waals surface area contributed by atoms with Gasteiger partial charge in [0, 0.05) is 117 Å². The van der Waals surface area contributed by atoms with E-state index in [2.05, 4.69) is 66.0 Å². The first-order valence-electron chi connectivity index (χ1n) is 29.0. The van der Waals surface area contributed by atoms with E-state index in [1.807, 2.05) is 131 Å². The zero-order valence-electron chi connectivity index (χ0n) is 48.1. The van der Waals surface area contributed by atoms with Crippen LogP contribution in [-0.2, 0) is 19.2 Å². The van der Waals surface area contributed by atoms with Crippen LogP contribution in [0.3, 0.4) is 0 Å². The molecule has 0 saturated carbocycles. The van der Waals surface area contributed by atoms with Crippen LogP contribution in [0, 0.1) is 21.7 Å². The maximum absolute atomic E-state index is 14.3. The minimum absolute atomic E-state index is 0.0818. The standard InChI is InChI=1S/C69H74N6O6/c1-66(2)32-50-60(54(76)36-66)58(61-51(70-50)33-67(3,4)37-55(61)77)48-40-74(44-18-12-9-13-19-44)72-64(48)42-22-26-46(27-23-42)80-30-16-11-17-31-81-47-28-24-43(25-29-47)65-49(41-75(73-65)45-20-14-10-15-21-45)59-62-52(34-68(5,6)38-56(62)78)71-53-35-69(7,8)39-57(79)63(53)59/h9-10,12-15,18-29,40-41,58-59,70-71H,11,16-17,30-39H2,1-8H3. The Kier molecular flexibility index (Phi) is 13.7. The number of ketones is 4. The molecular formula is C69H74N6O6. The van der Waals surface area contributed by atoms with Crippen molar-refractivity contribution in [3.63, 3.8) is 0 Å². The van der Waals surface area contributed by atoms with Crippen molar-refractivity contribution in [2.75, 3.05) is 13.2 Å². The van der Waals surface area contributed by atoms with Gasteiger partial charge in [0.25, 0.3) is 0 Å². The van der Waals surface area contributed by atoms with E-state index in [0.29, 0.717) is 61.2 Å². The fourth-order valence-electron chi connectivity index (χ4n) is 13.7. The molecular weight excluding hydrogens is 1010 g/mol. The highest BCUT2D eigenvalue weighted by Gasteiger charge is 2.49. The molecule has 0 fully saturated rings. The SMILES string of the molecule is CC1(C)CC(=O)C2=C(C1)NC1=C(C(=O)CC(C)(C)C1)C2c1cn(-c2ccccc2)nc1-c1ccc(OCCCCCOc2ccc(-c3nn(-c4ccccc4)cc3C3C4=C(CC(C)(C)CC4=O)NC4=C3C(=O)CC(C)(C)C4)cc2)cc1. The molecule has 0 spiro atoms. The van der Waals surface area contributed by atoms with Crippen LogP contribution in [0.4, 0.5) is 0 Å². The first kappa shape index (κ1) is 53.8. The lowest BCUT2D eigenvalue weighted by atomic mass is 9.64. The van der Waals surface area contributed by atoms with Gasteiger partial charge in [0.15, 0.2) is 23.1 Å². The van der Waals surface area contributed by atoms with Crippen LogP contribution in [0.15, 0.2) is 167 Å². The minimum atomic E-state index is -0.529. The zero-order chi connectivity index (χ0) is 56.6. The van der Waals surface area contributed by atoms with Gasteiger partial charge in [-0.1, -0.05) is 91.8 Å². The number of hydrogen-bond donors (Lipinski definition) is 2. The normalized spacial score (nSPS) is 20.3. The first-order chi connectivity index (χ1) is 38.7. The largest absolute Gasteiger partial charge is 0.494 e. The van der Waals surface area contributed by atoms with E-state index in [4.69, 9.17) is 19.7 Å². The lowest BCUT2D eigenvalue weighted by Crippen LogP contribution is -2.42. The lowest BCUT2D eigenvalue weighted by molar-refractivity contribution is -0.120. The Bertz CT molecular complexity index is 3300. The minimum Gasteiger partial charge on any atom is -0.494 e. The molecule has 6 aliphatic rings. The van der Waals surface area contributed by atoms with E-state index in [9.17, 15) is 19.2 Å². The number of dihydropyridines is 2. The van der Waals surface area contributed by atoms with Crippen LogP contribution in [0.5, 0.6) is 11.5 Å². The number of carbonyl (C=O) groups is 4. The van der Waals surface area contributed by atoms with Crippen LogP contribution in [-0.4, -0.2) is 55.9 Å². The number of carbonyl (C=O) groups excluding carboxylic acids is 4. The summed E-state index contributed by atoms with van der Waals surface area (Å²) >= 11 is 0. The fraction of sp³-hybridized carbons (Fsp3) is 0.391. The van der Waals surface area contributed by atoms with E-state index in [1.165, 1.54) is 0 Å². The molecule has 0 amide bonds. The molecule has 0 bridgehead atoms. The molecule has 0 radical (unpaired) electrons. The van der Waals surface area contributed by atoms with E-state index >= 15 is 0 Å². The van der Waals surface area contributed by atoms with Gasteiger partial charge in [-0.15, -0.1) is 0 Å². The number of unbranched alkanes of at least 4 members (excludes halogenated alkanes) is 2. The maximum atomic E-state index is 14.3. The van der Waals surface area contributed by atoms with Crippen molar-refractivity contribution in [2.24, 2.45) is 21.7 Å². The summed E-state index contributed by atoms with van der Waals surface area (Å²) in [4.78, 5) is 57.2. The van der Waals surface area contributed by atoms with Crippen molar-refractivity contribution in [3.05, 3.63) is 178 Å². The molecule has 4 aliphatic carbocycles. The van der Waals surface area contributed by atoms with Crippen LogP contribution < -0.4 is 20.1 Å². The average molecular weight is 1080 g/mol. The molecule has 12 heteroatoms. The number of ether oxygens (including phenoxy) is 2. The van der Waals surface area contributed by atoms with Gasteiger partial charge in [-0.05, 0) is 139 Å². The number of aromatic nitrogens is 4. The number of nitrogens with one attached hydrogen (secondary N) is 2. The maximum Gasteiger partial charge on any atom is 0.162 e. The molecule has 2 aromatic heterocycles. The zero-order valence-corrected chi connectivity index (χ0v) is 48.1. The summed E-state index contributed by atoms with van der Waals surface area (Å²) in [5, 5.41) is 17.7. The van der Waals surface area contributed by atoms with Crippen LogP contribution in [0.2, 0.25) is 0 Å². The molecule has 81 heavy (non-hydrogen) atoms. The van der Waals surface area contributed by atoms with Gasteiger partial charge in [0.05, 0.1) is 36.0 Å². The highest BCUT2D eigenvalue weighted by molar-refractivity contribution is 6.08. The summed E-state index contributed by atoms with van der Waals surface area (Å²) in [6.45, 7) is 18.2. The monoisotopic (exact) mass is 1080 g/mol. The Morgan fingerprint density at radius 2 is 0.728 bits per heavy atom. The van der Waals surface area contributed by atoms with Crippen molar-refractivity contribution in [1.82, 2.24) is 30.2 Å². The molecule has 2 aliphatic heterocycles. The third-order valence-electron chi connectivity index (χ3n) is 17.2. The number of nitrogens with zero attached hydrogens (tertiary/aromatic N) is 4. The first-order valence-corrected chi connectivity index (χ1v) is 29.0. The van der Waals surface area contributed by atoms with E-state index < -0.39 is 11.8 Å². The van der Waals surface area contributed by atoms with E-state index in [1.54, 1.807) is 0 Å². The van der Waals surface area contributed by atoms with Gasteiger partial charge < -0.3 is 20.1 Å². The van der Waals surface area contributed by atoms with Gasteiger partial charge in [-0.3, -0.25) is 19.2 Å². The summed E-state index contributed by atoms with van der Waals surface area (Å²) < 4.78 is 16.3. The Labute approximate surface area is 475 Å². The second-order valence-electron chi connectivity index (χ2n) is 26.7. The van der Waals surface area contributed by atoms with Crippen molar-refractivity contribution < 1.29 is 28.7 Å². The molecule has 2 N–H and O–H groups in total. The van der Waals surface area contributed by atoms with Crippen molar-refractivity contribution in [3.8, 4) is 45.4 Å². The lowest BCUT2D eigenvalue weighted by Gasteiger charge is -2.43. The van der Waals surface area contributed by atoms with Crippen LogP contribution in [0.25, 0.3) is 33.9 Å². The molecule has 12 nitrogen and oxygen atoms in total. The van der Waals surface area contributed by atoms with E-state index in [-0.39, 0.29) is 44.8 Å². The summed E-state index contributed by atoms with van der Waals surface area (Å²) in [6, 6.07) is 36.0. The summed E-state index contributed by atoms with van der Waals surface area (Å²) in [7, 11) is 0. The topological polar surface area (TPSA) is 146 Å². The molecule has 12 rings (SSSR count). The summed E-state index contributed by atoms with van der Waals surface area (Å²) in [5.41, 5.74) is 12.4. The number of Topliss-reactive ketones (excluding diaryl/α,β-unsaturated/α-hetero) is 4. The van der Waals surface area contributed by atoms with Gasteiger partial charge in [-0.2, -0.15) is 10.2 Å². The van der Waals surface area contributed by atoms with Gasteiger partial charge in [-0.25, -0.2) is 9.36 Å². The second kappa shape index (κ2) is 20.6. The van der Waals surface area contributed by atoms with Crippen molar-refractivity contribution >= 4 is 23.1 Å². The highest BCUT2D eigenvalue weighted by Crippen LogP contribution is 2.55. The fourth-order valence-corrected chi connectivity index (χ4v) is 13.7. The predicted octanol–water partition coefficient (Wildman–Crippen LogP) is 14.0. The molecule has 0 saturated heterocycles. The Hall–Kier alpha value is -7.86. The number of allylic oxidation sites excluding steroid dienone is 8. The Morgan fingerprint density at radius 1 is 0.420 bits per heavy atom. The molecule has 0 unspecified atom stereocenters. The van der Waals surface area contributed by atoms with Crippen molar-refractivity contribution in [1.29, 1.82) is 0 Å². The van der Waals surface area contributed by atoms with Gasteiger partial charge in [0.1, 0.15) is 11.5 Å². The number of hydrogen-bond acceptors (Lipinski definition) is 10.